The summed E-state index contributed by atoms with van der Waals surface area (Å²) in [5.41, 5.74) is -0.0116. The lowest BCUT2D eigenvalue weighted by molar-refractivity contribution is 0.968. The molecule has 0 radical (unpaired) electrons. The molecule has 1 aromatic heterocycles. The fourth-order valence-electron chi connectivity index (χ4n) is 1.09. The molecule has 82 valence electrons. The van der Waals surface area contributed by atoms with E-state index in [0.29, 0.717) is 11.3 Å². The largest absolute Gasteiger partial charge is 0.348 e. The van der Waals surface area contributed by atoms with E-state index in [4.69, 9.17) is 6.42 Å². The summed E-state index contributed by atoms with van der Waals surface area (Å²) in [7, 11) is 0. The Balaban J connectivity index is 3.19. The van der Waals surface area contributed by atoms with Crippen molar-refractivity contribution in [3.8, 4) is 12.3 Å². The van der Waals surface area contributed by atoms with Crippen LogP contribution in [0.4, 0.5) is 0 Å². The molecule has 0 unspecified atom stereocenters. The molecule has 0 aliphatic carbocycles. The Morgan fingerprint density at radius 1 is 1.38 bits per heavy atom. The van der Waals surface area contributed by atoms with Gasteiger partial charge in [0, 0.05) is 11.3 Å². The van der Waals surface area contributed by atoms with E-state index in [0.717, 1.165) is 4.57 Å². The van der Waals surface area contributed by atoms with Crippen molar-refractivity contribution in [2.45, 2.75) is 6.92 Å². The van der Waals surface area contributed by atoms with Crippen molar-refractivity contribution in [3.05, 3.63) is 51.3 Å². The number of rotatable bonds is 3. The summed E-state index contributed by atoms with van der Waals surface area (Å²) >= 11 is 0. The lowest BCUT2D eigenvalue weighted by Crippen LogP contribution is -2.24. The zero-order valence-corrected chi connectivity index (χ0v) is 8.78. The molecule has 0 amide bonds. The molecule has 5 nitrogen and oxygen atoms in total. The second kappa shape index (κ2) is 4.84. The molecule has 0 atom stereocenters. The van der Waals surface area contributed by atoms with Gasteiger partial charge in [0.25, 0.3) is 0 Å². The second-order valence-corrected chi connectivity index (χ2v) is 2.97. The summed E-state index contributed by atoms with van der Waals surface area (Å²) in [5.74, 6) is 2.40. The van der Waals surface area contributed by atoms with Gasteiger partial charge in [0.1, 0.15) is 0 Å². The van der Waals surface area contributed by atoms with Crippen LogP contribution in [0.3, 0.4) is 0 Å². The van der Waals surface area contributed by atoms with Gasteiger partial charge in [-0.05, 0) is 19.1 Å². The highest BCUT2D eigenvalue weighted by Crippen LogP contribution is 1.99. The molecule has 0 saturated carbocycles. The molecule has 1 rings (SSSR count). The molecule has 0 bridgehead atoms. The smallest absolute Gasteiger partial charge is 0.247 e. The quantitative estimate of drug-likeness (QED) is 0.570. The molecule has 2 N–H and O–H groups in total. The van der Waals surface area contributed by atoms with Crippen LogP contribution in [0.25, 0.3) is 5.70 Å². The minimum atomic E-state index is -0.520. The normalized spacial score (nSPS) is 12.2. The van der Waals surface area contributed by atoms with Crippen molar-refractivity contribution in [1.82, 2.24) is 14.8 Å². The van der Waals surface area contributed by atoms with Crippen LogP contribution in [0.1, 0.15) is 6.92 Å². The van der Waals surface area contributed by atoms with Crippen LogP contribution in [0.5, 0.6) is 0 Å². The molecule has 0 aromatic carbocycles. The third kappa shape index (κ3) is 2.30. The number of terminal acetylenes is 1. The maximum atomic E-state index is 11.2. The van der Waals surface area contributed by atoms with Crippen LogP contribution in [0, 0.1) is 12.3 Å². The van der Waals surface area contributed by atoms with Crippen molar-refractivity contribution >= 4 is 5.70 Å². The first-order chi connectivity index (χ1) is 7.60. The number of H-pyrrole nitrogens is 2. The summed E-state index contributed by atoms with van der Waals surface area (Å²) in [6.45, 7) is 5.15. The molecule has 0 spiro atoms. The summed E-state index contributed by atoms with van der Waals surface area (Å²) < 4.78 is 0.966. The molecule has 0 aliphatic rings. The van der Waals surface area contributed by atoms with Crippen LogP contribution in [0.2, 0.25) is 0 Å². The molecule has 16 heavy (non-hydrogen) atoms. The van der Waals surface area contributed by atoms with Crippen molar-refractivity contribution in [3.63, 3.8) is 0 Å². The average Bonchev–Trinajstić information content (AvgIpc) is 2.60. The maximum Gasteiger partial charge on any atom is 0.348 e. The molecular formula is C11H11N3O2. The maximum absolute atomic E-state index is 11.2. The molecule has 5 heteroatoms. The minimum Gasteiger partial charge on any atom is -0.247 e. The van der Waals surface area contributed by atoms with Gasteiger partial charge in [-0.25, -0.2) is 24.4 Å². The summed E-state index contributed by atoms with van der Waals surface area (Å²) in [6, 6.07) is 0. The van der Waals surface area contributed by atoms with Crippen molar-refractivity contribution in [2.75, 3.05) is 0 Å². The van der Waals surface area contributed by atoms with Gasteiger partial charge in [-0.15, -0.1) is 6.42 Å². The van der Waals surface area contributed by atoms with Crippen molar-refractivity contribution in [2.24, 2.45) is 0 Å². The zero-order valence-electron chi connectivity index (χ0n) is 8.78. The van der Waals surface area contributed by atoms with Gasteiger partial charge in [-0.1, -0.05) is 18.6 Å². The molecule has 0 fully saturated rings. The number of nitrogens with zero attached hydrogens (tertiary/aromatic N) is 1. The summed E-state index contributed by atoms with van der Waals surface area (Å²) in [5, 5.41) is 4.36. The average molecular weight is 217 g/mol. The summed E-state index contributed by atoms with van der Waals surface area (Å²) in [4.78, 5) is 22.4. The molecule has 0 saturated heterocycles. The zero-order chi connectivity index (χ0) is 12.1. The predicted octanol–water partition coefficient (Wildman–Crippen LogP) is 0.471. The fourth-order valence-corrected chi connectivity index (χ4v) is 1.09. The van der Waals surface area contributed by atoms with E-state index in [9.17, 15) is 9.59 Å². The SMILES string of the molecule is C#C/C(C=C)=C/C=C(\C)n1c(=O)[nH][nH]c1=O. The molecule has 1 heterocycles. The van der Waals surface area contributed by atoms with Gasteiger partial charge in [0.15, 0.2) is 0 Å². The Kier molecular flexibility index (Phi) is 3.51. The standard InChI is InChI=1S/C11H11N3O2/c1-4-9(5-2)7-6-8(3)14-10(15)12-13-11(14)16/h1,5-7H,2H2,3H3,(H,12,15)(H,13,16)/b8-6+,9-7-. The Morgan fingerprint density at radius 3 is 2.38 bits per heavy atom. The number of nitrogens with one attached hydrogen (secondary N) is 2. The van der Waals surface area contributed by atoms with Gasteiger partial charge in [-0.2, -0.15) is 0 Å². The molecular weight excluding hydrogens is 206 g/mol. The highest BCUT2D eigenvalue weighted by Gasteiger charge is 2.02. The third-order valence-electron chi connectivity index (χ3n) is 1.93. The highest BCUT2D eigenvalue weighted by atomic mass is 16.2. The molecule has 1 aromatic rings. The highest BCUT2D eigenvalue weighted by molar-refractivity contribution is 5.48. The topological polar surface area (TPSA) is 70.7 Å². The number of hydrogen-bond donors (Lipinski definition) is 2. The lowest BCUT2D eigenvalue weighted by Gasteiger charge is -1.95. The Bertz CT molecular complexity index is 575. The number of hydrogen-bond acceptors (Lipinski definition) is 2. The minimum absolute atomic E-state index is 0.460. The first-order valence-electron chi connectivity index (χ1n) is 4.48. The first kappa shape index (κ1) is 11.6. The lowest BCUT2D eigenvalue weighted by atomic mass is 10.2. The van der Waals surface area contributed by atoms with E-state index in [1.165, 1.54) is 6.08 Å². The van der Waals surface area contributed by atoms with E-state index < -0.39 is 11.4 Å². The second-order valence-electron chi connectivity index (χ2n) is 2.97. The van der Waals surface area contributed by atoms with Crippen molar-refractivity contribution < 1.29 is 0 Å². The van der Waals surface area contributed by atoms with Gasteiger partial charge in [-0.3, -0.25) is 0 Å². The van der Waals surface area contributed by atoms with Gasteiger partial charge in [0.05, 0.1) is 0 Å². The van der Waals surface area contributed by atoms with Crippen LogP contribution >= 0.6 is 0 Å². The van der Waals surface area contributed by atoms with E-state index in [1.807, 2.05) is 0 Å². The Labute approximate surface area is 91.8 Å². The predicted molar refractivity (Wildman–Crippen MR) is 62.7 cm³/mol. The van der Waals surface area contributed by atoms with Gasteiger partial charge < -0.3 is 0 Å². The van der Waals surface area contributed by atoms with E-state index in [-0.39, 0.29) is 0 Å². The van der Waals surface area contributed by atoms with E-state index in [1.54, 1.807) is 19.1 Å². The fraction of sp³-hybridized carbons (Fsp3) is 0.0909. The van der Waals surface area contributed by atoms with Crippen molar-refractivity contribution in [1.29, 1.82) is 0 Å². The summed E-state index contributed by atoms with van der Waals surface area (Å²) in [6.07, 6.45) is 9.86. The van der Waals surface area contributed by atoms with Crippen LogP contribution < -0.4 is 11.4 Å². The van der Waals surface area contributed by atoms with E-state index in [2.05, 4.69) is 22.7 Å². The van der Waals surface area contributed by atoms with Crippen LogP contribution in [0.15, 0.2) is 40.0 Å². The van der Waals surface area contributed by atoms with Crippen LogP contribution in [-0.4, -0.2) is 14.8 Å². The number of allylic oxidation sites excluding steroid dienone is 5. The molecule has 0 aliphatic heterocycles. The van der Waals surface area contributed by atoms with E-state index >= 15 is 0 Å². The Hall–Kier alpha value is -2.48. The number of aromatic amines is 2. The van der Waals surface area contributed by atoms with Crippen LogP contribution in [-0.2, 0) is 0 Å². The van der Waals surface area contributed by atoms with Gasteiger partial charge >= 0.3 is 11.4 Å². The Morgan fingerprint density at radius 2 is 1.94 bits per heavy atom. The third-order valence-corrected chi connectivity index (χ3v) is 1.93. The number of aromatic nitrogens is 3. The van der Waals surface area contributed by atoms with Gasteiger partial charge in [0.2, 0.25) is 0 Å². The monoisotopic (exact) mass is 217 g/mol. The first-order valence-corrected chi connectivity index (χ1v) is 4.48.